The fourth-order valence-electron chi connectivity index (χ4n) is 2.63. The number of hydrogen-bond acceptors (Lipinski definition) is 5. The Balaban J connectivity index is 2.53. The molecule has 0 aliphatic carbocycles. The van der Waals surface area contributed by atoms with Crippen LogP contribution in [0.3, 0.4) is 0 Å². The minimum Gasteiger partial charge on any atom is -0.497 e. The number of methoxy groups -OCH3 is 1. The van der Waals surface area contributed by atoms with Crippen LogP contribution >= 0.6 is 12.2 Å². The van der Waals surface area contributed by atoms with Gasteiger partial charge >= 0.3 is 12.1 Å². The van der Waals surface area contributed by atoms with E-state index in [1.165, 1.54) is 38.3 Å². The van der Waals surface area contributed by atoms with Crippen molar-refractivity contribution in [1.29, 1.82) is 0 Å². The van der Waals surface area contributed by atoms with Gasteiger partial charge in [0.15, 0.2) is 5.11 Å². The summed E-state index contributed by atoms with van der Waals surface area (Å²) in [5, 5.41) is 14.2. The Bertz CT molecular complexity index is 653. The number of hydrogen-bond donors (Lipinski definition) is 3. The average Bonchev–Trinajstić information content (AvgIpc) is 2.53. The van der Waals surface area contributed by atoms with Gasteiger partial charge in [-0.1, -0.05) is 12.1 Å². The molecule has 1 aromatic carbocycles. The summed E-state index contributed by atoms with van der Waals surface area (Å²) >= 11 is 4.79. The number of alkyl halides is 3. The smallest absolute Gasteiger partial charge is 0.437 e. The second kappa shape index (κ2) is 7.04. The summed E-state index contributed by atoms with van der Waals surface area (Å²) in [6.07, 6.45) is -5.17. The highest BCUT2D eigenvalue weighted by Gasteiger charge is 2.66. The maximum Gasteiger partial charge on any atom is 0.437 e. The molecule has 1 saturated heterocycles. The largest absolute Gasteiger partial charge is 0.497 e. The van der Waals surface area contributed by atoms with Crippen molar-refractivity contribution >= 4 is 23.3 Å². The highest BCUT2D eigenvalue weighted by molar-refractivity contribution is 7.80. The lowest BCUT2D eigenvalue weighted by Crippen LogP contribution is -2.73. The Morgan fingerprint density at radius 1 is 1.36 bits per heavy atom. The quantitative estimate of drug-likeness (QED) is 0.543. The summed E-state index contributed by atoms with van der Waals surface area (Å²) in [6.45, 7) is 1.32. The number of aliphatic hydroxyl groups is 1. The second-order valence-electron chi connectivity index (χ2n) is 5.34. The standard InChI is InChI=1S/C15H17F3N2O4S/c1-3-24-12(21)10-11(8-4-6-9(23-2)7-5-8)19-13(25)20-14(10,22)15(16,17)18/h4-7,10-11,22H,3H2,1-2H3,(H2,19,20,25)/t10-,11+,14+/m1/s1. The predicted molar refractivity (Wildman–Crippen MR) is 85.7 cm³/mol. The molecule has 0 radical (unpaired) electrons. The van der Waals surface area contributed by atoms with E-state index in [4.69, 9.17) is 21.7 Å². The molecule has 1 aliphatic rings. The Morgan fingerprint density at radius 2 is 1.96 bits per heavy atom. The van der Waals surface area contributed by atoms with Crippen molar-refractivity contribution in [3.63, 3.8) is 0 Å². The van der Waals surface area contributed by atoms with Crippen LogP contribution in [-0.2, 0) is 9.53 Å². The number of benzene rings is 1. The van der Waals surface area contributed by atoms with E-state index in [0.29, 0.717) is 11.3 Å². The summed E-state index contributed by atoms with van der Waals surface area (Å²) in [6, 6.07) is 4.76. The van der Waals surface area contributed by atoms with Gasteiger partial charge in [0.25, 0.3) is 5.72 Å². The molecular weight excluding hydrogens is 361 g/mol. The van der Waals surface area contributed by atoms with Crippen molar-refractivity contribution in [2.24, 2.45) is 5.92 Å². The summed E-state index contributed by atoms with van der Waals surface area (Å²) in [5.74, 6) is -2.72. The first-order valence-electron chi connectivity index (χ1n) is 7.32. The topological polar surface area (TPSA) is 79.8 Å². The molecule has 0 saturated carbocycles. The predicted octanol–water partition coefficient (Wildman–Crippen LogP) is 1.64. The van der Waals surface area contributed by atoms with E-state index in [2.05, 4.69) is 5.32 Å². The lowest BCUT2D eigenvalue weighted by atomic mass is 9.82. The second-order valence-corrected chi connectivity index (χ2v) is 5.75. The summed E-state index contributed by atoms with van der Waals surface area (Å²) in [4.78, 5) is 12.2. The zero-order valence-corrected chi connectivity index (χ0v) is 14.2. The van der Waals surface area contributed by atoms with Gasteiger partial charge in [0, 0.05) is 0 Å². The third-order valence-corrected chi connectivity index (χ3v) is 4.04. The van der Waals surface area contributed by atoms with Gasteiger partial charge in [-0.2, -0.15) is 13.2 Å². The van der Waals surface area contributed by atoms with Crippen LogP contribution in [0, 0.1) is 5.92 Å². The number of carbonyl (C=O) groups excluding carboxylic acids is 1. The molecular formula is C15H17F3N2O4S. The van der Waals surface area contributed by atoms with Crippen molar-refractivity contribution in [3.8, 4) is 5.75 Å². The van der Waals surface area contributed by atoms with E-state index >= 15 is 0 Å². The van der Waals surface area contributed by atoms with Gasteiger partial charge in [-0.05, 0) is 36.8 Å². The van der Waals surface area contributed by atoms with Gasteiger partial charge in [0.1, 0.15) is 11.7 Å². The van der Waals surface area contributed by atoms with E-state index in [1.807, 2.05) is 0 Å². The van der Waals surface area contributed by atoms with Gasteiger partial charge in [0.2, 0.25) is 0 Å². The first-order chi connectivity index (χ1) is 11.6. The Labute approximate surface area is 147 Å². The van der Waals surface area contributed by atoms with E-state index in [0.717, 1.165) is 0 Å². The van der Waals surface area contributed by atoms with Crippen LogP contribution in [0.4, 0.5) is 13.2 Å². The Morgan fingerprint density at radius 3 is 2.44 bits per heavy atom. The number of esters is 1. The molecule has 1 aromatic rings. The van der Waals surface area contributed by atoms with Crippen LogP contribution in [0.1, 0.15) is 18.5 Å². The molecule has 1 heterocycles. The molecule has 2 rings (SSSR count). The molecule has 0 amide bonds. The highest BCUT2D eigenvalue weighted by Crippen LogP contribution is 2.43. The number of ether oxygens (including phenoxy) is 2. The molecule has 138 valence electrons. The molecule has 25 heavy (non-hydrogen) atoms. The number of nitrogens with one attached hydrogen (secondary N) is 2. The van der Waals surface area contributed by atoms with Crippen LogP contribution in [0.2, 0.25) is 0 Å². The molecule has 0 spiro atoms. The van der Waals surface area contributed by atoms with Crippen molar-refractivity contribution < 1.29 is 32.5 Å². The zero-order chi connectivity index (χ0) is 18.8. The van der Waals surface area contributed by atoms with E-state index in [1.54, 1.807) is 5.32 Å². The van der Waals surface area contributed by atoms with Crippen LogP contribution in [-0.4, -0.2) is 41.8 Å². The maximum atomic E-state index is 13.5. The summed E-state index contributed by atoms with van der Waals surface area (Å²) in [5.41, 5.74) is -3.25. The average molecular weight is 378 g/mol. The molecule has 10 heteroatoms. The SMILES string of the molecule is CCOC(=O)[C@H]1[C@H](c2ccc(OC)cc2)NC(=S)N[C@@]1(O)C(F)(F)F. The number of rotatable bonds is 4. The molecule has 0 unspecified atom stereocenters. The van der Waals surface area contributed by atoms with E-state index in [9.17, 15) is 23.1 Å². The number of halogens is 3. The molecule has 0 aromatic heterocycles. The normalized spacial score (nSPS) is 26.4. The third kappa shape index (κ3) is 3.64. The summed E-state index contributed by atoms with van der Waals surface area (Å²) in [7, 11) is 1.44. The van der Waals surface area contributed by atoms with E-state index in [-0.39, 0.29) is 6.61 Å². The molecule has 6 nitrogen and oxygen atoms in total. The Hall–Kier alpha value is -2.07. The zero-order valence-electron chi connectivity index (χ0n) is 13.4. The van der Waals surface area contributed by atoms with Crippen LogP contribution in [0.5, 0.6) is 5.75 Å². The highest BCUT2D eigenvalue weighted by atomic mass is 32.1. The first kappa shape index (κ1) is 19.3. The summed E-state index contributed by atoms with van der Waals surface area (Å²) < 4.78 is 50.4. The third-order valence-electron chi connectivity index (χ3n) is 3.82. The first-order valence-corrected chi connectivity index (χ1v) is 7.73. The van der Waals surface area contributed by atoms with Gasteiger partial charge in [-0.25, -0.2) is 0 Å². The van der Waals surface area contributed by atoms with Crippen molar-refractivity contribution in [3.05, 3.63) is 29.8 Å². The number of carbonyl (C=O) groups is 1. The van der Waals surface area contributed by atoms with Gasteiger partial charge in [-0.15, -0.1) is 0 Å². The number of thiocarbonyl (C=S) groups is 1. The van der Waals surface area contributed by atoms with Crippen molar-refractivity contribution in [1.82, 2.24) is 10.6 Å². The fraction of sp³-hybridized carbons (Fsp3) is 0.467. The fourth-order valence-corrected chi connectivity index (χ4v) is 2.91. The van der Waals surface area contributed by atoms with Crippen molar-refractivity contribution in [2.45, 2.75) is 24.9 Å². The lowest BCUT2D eigenvalue weighted by Gasteiger charge is -2.45. The monoisotopic (exact) mass is 378 g/mol. The van der Waals surface area contributed by atoms with E-state index < -0.39 is 34.9 Å². The van der Waals surface area contributed by atoms with Crippen LogP contribution in [0.25, 0.3) is 0 Å². The molecule has 3 N–H and O–H groups in total. The van der Waals surface area contributed by atoms with Crippen LogP contribution < -0.4 is 15.4 Å². The van der Waals surface area contributed by atoms with Gasteiger partial charge in [-0.3, -0.25) is 4.79 Å². The molecule has 3 atom stereocenters. The lowest BCUT2D eigenvalue weighted by molar-refractivity contribution is -0.292. The van der Waals surface area contributed by atoms with Gasteiger partial charge < -0.3 is 25.2 Å². The van der Waals surface area contributed by atoms with Gasteiger partial charge in [0.05, 0.1) is 19.8 Å². The Kier molecular flexibility index (Phi) is 5.43. The van der Waals surface area contributed by atoms with Crippen LogP contribution in [0.15, 0.2) is 24.3 Å². The maximum absolute atomic E-state index is 13.5. The molecule has 1 aliphatic heterocycles. The molecule has 1 fully saturated rings. The molecule has 0 bridgehead atoms. The minimum atomic E-state index is -5.17. The minimum absolute atomic E-state index is 0.136. The van der Waals surface area contributed by atoms with Crippen molar-refractivity contribution in [2.75, 3.05) is 13.7 Å².